The van der Waals surface area contributed by atoms with Gasteiger partial charge in [-0.3, -0.25) is 0 Å². The molecule has 3 rings (SSSR count). The zero-order valence-electron chi connectivity index (χ0n) is 7.31. The van der Waals surface area contributed by atoms with E-state index in [4.69, 9.17) is 4.74 Å². The molecule has 0 unspecified atom stereocenters. The monoisotopic (exact) mass is 201 g/mol. The summed E-state index contributed by atoms with van der Waals surface area (Å²) >= 11 is 1.49. The third-order valence-corrected chi connectivity index (χ3v) is 2.95. The van der Waals surface area contributed by atoms with Gasteiger partial charge in [-0.1, -0.05) is 18.2 Å². The van der Waals surface area contributed by atoms with Crippen LogP contribution in [0.2, 0.25) is 0 Å². The molecule has 0 amide bonds. The van der Waals surface area contributed by atoms with Crippen LogP contribution < -0.4 is 4.74 Å². The Bertz CT molecular complexity index is 501. The van der Waals surface area contributed by atoms with E-state index in [1.54, 1.807) is 6.26 Å². The summed E-state index contributed by atoms with van der Waals surface area (Å²) < 4.78 is 9.67. The molecule has 68 valence electrons. The number of hydrogen-bond donors (Lipinski definition) is 0. The first kappa shape index (κ1) is 7.76. The third-order valence-electron chi connectivity index (χ3n) is 2.19. The average molecular weight is 201 g/mol. The van der Waals surface area contributed by atoms with Crippen molar-refractivity contribution in [3.8, 4) is 16.9 Å². The van der Waals surface area contributed by atoms with Gasteiger partial charge < -0.3 is 4.74 Å². The van der Waals surface area contributed by atoms with Crippen LogP contribution in [0.4, 0.5) is 0 Å². The van der Waals surface area contributed by atoms with E-state index in [0.717, 1.165) is 21.8 Å². The molecule has 0 saturated heterocycles. The number of ether oxygens (including phenoxy) is 1. The van der Waals surface area contributed by atoms with Gasteiger partial charge in [0.2, 0.25) is 0 Å². The smallest absolute Gasteiger partial charge is 0.134 e. The number of rotatable bonds is 0. The maximum absolute atomic E-state index is 5.49. The summed E-state index contributed by atoms with van der Waals surface area (Å²) in [5, 5.41) is 0. The molecule has 2 aromatic rings. The Balaban J connectivity index is 2.33. The molecule has 0 bridgehead atoms. The van der Waals surface area contributed by atoms with E-state index < -0.39 is 0 Å². The predicted octanol–water partition coefficient (Wildman–Crippen LogP) is 3.17. The largest absolute Gasteiger partial charge is 0.464 e. The van der Waals surface area contributed by atoms with Crippen LogP contribution >= 0.6 is 11.5 Å². The van der Waals surface area contributed by atoms with Gasteiger partial charge in [-0.05, 0) is 23.7 Å². The summed E-state index contributed by atoms with van der Waals surface area (Å²) in [5.74, 6) is 0.891. The molecule has 0 aliphatic carbocycles. The van der Waals surface area contributed by atoms with Gasteiger partial charge in [0.25, 0.3) is 0 Å². The Kier molecular flexibility index (Phi) is 1.64. The Hall–Kier alpha value is -1.61. The molecule has 1 aromatic heterocycles. The second-order valence-electron chi connectivity index (χ2n) is 3.02. The first-order chi connectivity index (χ1) is 6.95. The van der Waals surface area contributed by atoms with Crippen molar-refractivity contribution in [2.24, 2.45) is 0 Å². The quantitative estimate of drug-likeness (QED) is 0.653. The fourth-order valence-electron chi connectivity index (χ4n) is 1.53. The molecule has 0 spiro atoms. The minimum absolute atomic E-state index is 0.891. The van der Waals surface area contributed by atoms with Crippen LogP contribution in [-0.2, 0) is 0 Å². The molecule has 0 N–H and O–H groups in total. The Morgan fingerprint density at radius 2 is 2.07 bits per heavy atom. The second kappa shape index (κ2) is 2.96. The Morgan fingerprint density at radius 1 is 1.14 bits per heavy atom. The van der Waals surface area contributed by atoms with Gasteiger partial charge in [-0.15, -0.1) is 0 Å². The highest BCUT2D eigenvalue weighted by atomic mass is 32.1. The molecule has 0 fully saturated rings. The van der Waals surface area contributed by atoms with Crippen molar-refractivity contribution in [1.82, 2.24) is 4.37 Å². The number of benzene rings is 1. The van der Waals surface area contributed by atoms with E-state index in [1.165, 1.54) is 11.5 Å². The van der Waals surface area contributed by atoms with Crippen molar-refractivity contribution in [1.29, 1.82) is 0 Å². The van der Waals surface area contributed by atoms with Gasteiger partial charge in [0.1, 0.15) is 5.75 Å². The zero-order valence-corrected chi connectivity index (χ0v) is 8.12. The maximum atomic E-state index is 5.49. The van der Waals surface area contributed by atoms with Crippen LogP contribution in [0.15, 0.2) is 36.7 Å². The van der Waals surface area contributed by atoms with E-state index in [-0.39, 0.29) is 0 Å². The first-order valence-corrected chi connectivity index (χ1v) is 5.10. The van der Waals surface area contributed by atoms with Gasteiger partial charge >= 0.3 is 0 Å². The molecule has 1 aliphatic rings. The summed E-state index contributed by atoms with van der Waals surface area (Å²) in [6.45, 7) is 0. The molecule has 14 heavy (non-hydrogen) atoms. The van der Waals surface area contributed by atoms with Gasteiger partial charge in [0.05, 0.1) is 11.1 Å². The topological polar surface area (TPSA) is 22.1 Å². The highest BCUT2D eigenvalue weighted by Crippen LogP contribution is 2.36. The summed E-state index contributed by atoms with van der Waals surface area (Å²) in [5.41, 5.74) is 2.26. The normalized spacial score (nSPS) is 12.6. The predicted molar refractivity (Wildman–Crippen MR) is 57.2 cm³/mol. The zero-order chi connectivity index (χ0) is 9.38. The van der Waals surface area contributed by atoms with Crippen molar-refractivity contribution in [2.75, 3.05) is 0 Å². The van der Waals surface area contributed by atoms with E-state index in [2.05, 4.69) is 10.4 Å². The summed E-state index contributed by atoms with van der Waals surface area (Å²) in [6, 6.07) is 7.99. The van der Waals surface area contributed by atoms with Gasteiger partial charge in [-0.2, -0.15) is 4.37 Å². The van der Waals surface area contributed by atoms with E-state index in [1.807, 2.05) is 30.5 Å². The van der Waals surface area contributed by atoms with Crippen LogP contribution in [0.1, 0.15) is 4.88 Å². The van der Waals surface area contributed by atoms with Crippen molar-refractivity contribution in [3.05, 3.63) is 41.6 Å². The van der Waals surface area contributed by atoms with Crippen molar-refractivity contribution < 1.29 is 4.74 Å². The van der Waals surface area contributed by atoms with Crippen LogP contribution in [-0.4, -0.2) is 4.37 Å². The lowest BCUT2D eigenvalue weighted by Gasteiger charge is -2.03. The third kappa shape index (κ3) is 1.06. The Labute approximate surface area is 85.6 Å². The maximum Gasteiger partial charge on any atom is 0.134 e. The van der Waals surface area contributed by atoms with Crippen LogP contribution in [0, 0.1) is 0 Å². The van der Waals surface area contributed by atoms with E-state index in [9.17, 15) is 0 Å². The fourth-order valence-corrected chi connectivity index (χ4v) is 2.18. The molecule has 1 aliphatic heterocycles. The Morgan fingerprint density at radius 3 is 3.07 bits per heavy atom. The van der Waals surface area contributed by atoms with E-state index in [0.29, 0.717) is 0 Å². The lowest BCUT2D eigenvalue weighted by atomic mass is 10.1. The van der Waals surface area contributed by atoms with Crippen LogP contribution in [0.5, 0.6) is 5.75 Å². The van der Waals surface area contributed by atoms with Crippen molar-refractivity contribution >= 4 is 17.6 Å². The number of nitrogens with zero attached hydrogens (tertiary/aromatic N) is 1. The minimum atomic E-state index is 0.891. The number of para-hydroxylation sites is 1. The molecule has 1 aromatic carbocycles. The number of aromatic nitrogens is 1. The van der Waals surface area contributed by atoms with Gasteiger partial charge in [-0.25, -0.2) is 0 Å². The van der Waals surface area contributed by atoms with E-state index >= 15 is 0 Å². The molecule has 3 heteroatoms. The lowest BCUT2D eigenvalue weighted by molar-refractivity contribution is 0.488. The summed E-state index contributed by atoms with van der Waals surface area (Å²) in [6.07, 6.45) is 5.55. The lowest BCUT2D eigenvalue weighted by Crippen LogP contribution is -1.82. The molecular formula is C11H7NOS. The van der Waals surface area contributed by atoms with Gasteiger partial charge in [0, 0.05) is 17.3 Å². The highest BCUT2D eigenvalue weighted by molar-refractivity contribution is 7.07. The first-order valence-electron chi connectivity index (χ1n) is 4.32. The average Bonchev–Trinajstić information content (AvgIpc) is 2.61. The van der Waals surface area contributed by atoms with Crippen LogP contribution in [0.3, 0.4) is 0 Å². The molecular weight excluding hydrogens is 194 g/mol. The summed E-state index contributed by atoms with van der Waals surface area (Å²) in [4.78, 5) is 1.15. The van der Waals surface area contributed by atoms with Crippen molar-refractivity contribution in [2.45, 2.75) is 0 Å². The molecule has 2 nitrogen and oxygen atoms in total. The number of fused-ring (bicyclic) bond motifs is 3. The fraction of sp³-hybridized carbons (Fsp3) is 0. The summed E-state index contributed by atoms with van der Waals surface area (Å²) in [7, 11) is 0. The van der Waals surface area contributed by atoms with Crippen molar-refractivity contribution in [3.63, 3.8) is 0 Å². The minimum Gasteiger partial charge on any atom is -0.464 e. The molecule has 0 atom stereocenters. The standard InChI is InChI=1S/C11H7NOS/c1-2-4-10-8(3-1)9-7-12-14-11(9)5-6-13-10/h1-7H. The molecule has 2 heterocycles. The highest BCUT2D eigenvalue weighted by Gasteiger charge is 2.13. The molecule has 0 radical (unpaired) electrons. The second-order valence-corrected chi connectivity index (χ2v) is 3.85. The number of hydrogen-bond acceptors (Lipinski definition) is 3. The molecule has 0 saturated carbocycles. The SMILES string of the molecule is C1=Cc2sncc2-c2ccccc2O1. The van der Waals surface area contributed by atoms with Crippen LogP contribution in [0.25, 0.3) is 17.2 Å². The van der Waals surface area contributed by atoms with Gasteiger partial charge in [0.15, 0.2) is 0 Å².